The number of aliphatic hydroxyl groups excluding tert-OH is 2. The summed E-state index contributed by atoms with van der Waals surface area (Å²) in [7, 11) is 3.81. The van der Waals surface area contributed by atoms with E-state index >= 15 is 0 Å². The van der Waals surface area contributed by atoms with Crippen LogP contribution in [0.5, 0.6) is 5.75 Å². The van der Waals surface area contributed by atoms with E-state index in [0.717, 1.165) is 31.4 Å². The highest BCUT2D eigenvalue weighted by Crippen LogP contribution is 2.53. The lowest BCUT2D eigenvalue weighted by molar-refractivity contribution is -0.121. The monoisotopic (exact) mass is 458 g/mol. The molecule has 1 aromatic carbocycles. The number of piperidine rings is 1. The van der Waals surface area contributed by atoms with Crippen molar-refractivity contribution in [2.24, 2.45) is 5.92 Å². The van der Waals surface area contributed by atoms with Crippen molar-refractivity contribution >= 4 is 11.6 Å². The Labute approximate surface area is 194 Å². The first-order valence-electron chi connectivity index (χ1n) is 12.2. The largest absolute Gasteiger partial charge is 0.494 e. The number of hydrogen-bond acceptors (Lipinski definition) is 8. The van der Waals surface area contributed by atoms with E-state index in [0.29, 0.717) is 30.5 Å². The Hall–Kier alpha value is -1.75. The molecule has 2 bridgehead atoms. The van der Waals surface area contributed by atoms with Gasteiger partial charge in [0.1, 0.15) is 18.0 Å². The number of hydrogen-bond donors (Lipinski definition) is 4. The SMILES string of the molecule is COc1c(NC(=O)[C@H]2NCCC[C@H]2O)ccc2c1[C@@H]1CO[C@@H]3[C@H]4CC(CO)[C@@H]([C@H](C2)N31)N4C. The van der Waals surface area contributed by atoms with Gasteiger partial charge in [-0.05, 0) is 50.9 Å². The molecule has 33 heavy (non-hydrogen) atoms. The molecule has 5 aliphatic heterocycles. The van der Waals surface area contributed by atoms with Gasteiger partial charge in [0.15, 0.2) is 0 Å². The Morgan fingerprint density at radius 1 is 1.36 bits per heavy atom. The number of anilines is 1. The second-order valence-electron chi connectivity index (χ2n) is 10.2. The molecule has 0 radical (unpaired) electrons. The van der Waals surface area contributed by atoms with Crippen molar-refractivity contribution in [3.8, 4) is 5.75 Å². The second kappa shape index (κ2) is 8.18. The van der Waals surface area contributed by atoms with Crippen molar-refractivity contribution in [2.45, 2.75) is 68.2 Å². The number of amides is 1. The van der Waals surface area contributed by atoms with Crippen molar-refractivity contribution < 1.29 is 24.5 Å². The Morgan fingerprint density at radius 3 is 2.97 bits per heavy atom. The average molecular weight is 459 g/mol. The summed E-state index contributed by atoms with van der Waals surface area (Å²) in [6.07, 6.45) is 2.62. The first kappa shape index (κ1) is 21.8. The van der Waals surface area contributed by atoms with Gasteiger partial charge in [-0.15, -0.1) is 0 Å². The van der Waals surface area contributed by atoms with Crippen LogP contribution in [0.2, 0.25) is 0 Å². The zero-order valence-electron chi connectivity index (χ0n) is 19.2. The molecule has 1 unspecified atom stereocenters. The molecule has 8 atom stereocenters. The highest BCUT2D eigenvalue weighted by atomic mass is 16.5. The van der Waals surface area contributed by atoms with Gasteiger partial charge in [-0.25, -0.2) is 0 Å². The van der Waals surface area contributed by atoms with Crippen molar-refractivity contribution in [1.82, 2.24) is 15.1 Å². The molecule has 9 heteroatoms. The van der Waals surface area contributed by atoms with Gasteiger partial charge in [0.2, 0.25) is 5.91 Å². The highest BCUT2D eigenvalue weighted by molar-refractivity contribution is 5.97. The number of fused-ring (bicyclic) bond motifs is 6. The zero-order valence-corrected chi connectivity index (χ0v) is 19.2. The zero-order chi connectivity index (χ0) is 22.9. The molecule has 4 saturated heterocycles. The lowest BCUT2D eigenvalue weighted by atomic mass is 9.81. The fourth-order valence-corrected chi connectivity index (χ4v) is 7.24. The number of nitrogens with zero attached hydrogens (tertiary/aromatic N) is 2. The number of carbonyl (C=O) groups is 1. The topological polar surface area (TPSA) is 107 Å². The summed E-state index contributed by atoms with van der Waals surface area (Å²) < 4.78 is 12.3. The van der Waals surface area contributed by atoms with Crippen molar-refractivity contribution in [2.75, 3.05) is 39.2 Å². The molecular weight excluding hydrogens is 424 g/mol. The van der Waals surface area contributed by atoms with E-state index in [9.17, 15) is 15.0 Å². The van der Waals surface area contributed by atoms with E-state index < -0.39 is 12.1 Å². The molecule has 0 saturated carbocycles. The maximum absolute atomic E-state index is 12.9. The summed E-state index contributed by atoms with van der Waals surface area (Å²) in [6.45, 7) is 1.51. The molecule has 0 aliphatic carbocycles. The van der Waals surface area contributed by atoms with Crippen LogP contribution in [0.1, 0.15) is 36.4 Å². The summed E-state index contributed by atoms with van der Waals surface area (Å²) in [4.78, 5) is 17.9. The number of aliphatic hydroxyl groups is 2. The molecule has 5 heterocycles. The molecule has 0 aromatic heterocycles. The molecule has 1 aromatic rings. The number of benzene rings is 1. The smallest absolute Gasteiger partial charge is 0.244 e. The Morgan fingerprint density at radius 2 is 2.21 bits per heavy atom. The number of ether oxygens (including phenoxy) is 2. The van der Waals surface area contributed by atoms with Gasteiger partial charge in [-0.3, -0.25) is 14.6 Å². The molecule has 180 valence electrons. The summed E-state index contributed by atoms with van der Waals surface area (Å²) in [5, 5.41) is 26.5. The summed E-state index contributed by atoms with van der Waals surface area (Å²) in [5.74, 6) is 0.707. The first-order chi connectivity index (χ1) is 16.0. The summed E-state index contributed by atoms with van der Waals surface area (Å²) in [6, 6.07) is 4.32. The van der Waals surface area contributed by atoms with Crippen LogP contribution in [0.4, 0.5) is 5.69 Å². The van der Waals surface area contributed by atoms with E-state index in [2.05, 4.69) is 33.5 Å². The normalized spacial score (nSPS) is 39.8. The van der Waals surface area contributed by atoms with Crippen LogP contribution in [0.3, 0.4) is 0 Å². The van der Waals surface area contributed by atoms with E-state index in [1.807, 2.05) is 6.07 Å². The van der Waals surface area contributed by atoms with Crippen LogP contribution < -0.4 is 15.4 Å². The van der Waals surface area contributed by atoms with Crippen molar-refractivity contribution in [3.05, 3.63) is 23.3 Å². The third-order valence-electron chi connectivity index (χ3n) is 8.66. The van der Waals surface area contributed by atoms with Gasteiger partial charge in [0.05, 0.1) is 31.5 Å². The quantitative estimate of drug-likeness (QED) is 0.502. The maximum Gasteiger partial charge on any atom is 0.244 e. The fourth-order valence-electron chi connectivity index (χ4n) is 7.24. The first-order valence-corrected chi connectivity index (χ1v) is 12.2. The Bertz CT molecular complexity index is 944. The second-order valence-corrected chi connectivity index (χ2v) is 10.2. The summed E-state index contributed by atoms with van der Waals surface area (Å²) in [5.41, 5.74) is 2.94. The van der Waals surface area contributed by atoms with Crippen LogP contribution in [0, 0.1) is 5.92 Å². The number of piperazine rings is 1. The third-order valence-corrected chi connectivity index (χ3v) is 8.66. The van der Waals surface area contributed by atoms with Crippen LogP contribution in [0.15, 0.2) is 12.1 Å². The molecule has 1 amide bonds. The average Bonchev–Trinajstić information content (AvgIpc) is 3.36. The molecule has 5 aliphatic rings. The third kappa shape index (κ3) is 3.17. The minimum atomic E-state index is -0.688. The predicted molar refractivity (Wildman–Crippen MR) is 121 cm³/mol. The van der Waals surface area contributed by atoms with E-state index in [1.165, 1.54) is 5.56 Å². The lowest BCUT2D eigenvalue weighted by Crippen LogP contribution is -2.64. The van der Waals surface area contributed by atoms with Crippen molar-refractivity contribution in [1.29, 1.82) is 0 Å². The Balaban J connectivity index is 1.34. The van der Waals surface area contributed by atoms with Crippen LogP contribution in [-0.2, 0) is 16.0 Å². The molecule has 6 rings (SSSR count). The van der Waals surface area contributed by atoms with Gasteiger partial charge in [0.25, 0.3) is 0 Å². The number of methoxy groups -OCH3 is 1. The molecule has 4 fully saturated rings. The molecule has 9 nitrogen and oxygen atoms in total. The van der Waals surface area contributed by atoms with Gasteiger partial charge in [-0.2, -0.15) is 0 Å². The van der Waals surface area contributed by atoms with Crippen LogP contribution in [0.25, 0.3) is 0 Å². The van der Waals surface area contributed by atoms with E-state index in [-0.39, 0.29) is 42.8 Å². The van der Waals surface area contributed by atoms with Gasteiger partial charge < -0.3 is 30.3 Å². The number of carbonyl (C=O) groups excluding carboxylic acids is 1. The van der Waals surface area contributed by atoms with E-state index in [4.69, 9.17) is 9.47 Å². The van der Waals surface area contributed by atoms with Crippen LogP contribution in [-0.4, -0.2) is 96.3 Å². The lowest BCUT2D eigenvalue weighted by Gasteiger charge is -2.51. The summed E-state index contributed by atoms with van der Waals surface area (Å²) >= 11 is 0. The number of rotatable bonds is 4. The maximum atomic E-state index is 12.9. The number of nitrogens with one attached hydrogen (secondary N) is 2. The minimum absolute atomic E-state index is 0.00971. The van der Waals surface area contributed by atoms with Gasteiger partial charge >= 0.3 is 0 Å². The molecular formula is C24H34N4O5. The standard InChI is InChI=1S/C24H34N4O5/c1-27-16-9-13(10-29)21(27)15-8-12-5-6-14(26-23(31)20-18(30)4-3-7-25-20)22(32-2)19(12)17-11-33-24(16)28(15)17/h5-6,13,15-18,20-21,24-25,29-30H,3-4,7-11H2,1-2H3,(H,26,31)/t13?,15-,16+,17-,18+,20-,21-,24+/m0/s1. The number of likely N-dealkylation sites (N-methyl/N-ethyl adjacent to an activating group) is 1. The fraction of sp³-hybridized carbons (Fsp3) is 0.708. The highest BCUT2D eigenvalue weighted by Gasteiger charge is 2.60. The minimum Gasteiger partial charge on any atom is -0.494 e. The Kier molecular flexibility index (Phi) is 5.39. The van der Waals surface area contributed by atoms with E-state index in [1.54, 1.807) is 7.11 Å². The predicted octanol–water partition coefficient (Wildman–Crippen LogP) is 0.0655. The van der Waals surface area contributed by atoms with Crippen LogP contribution >= 0.6 is 0 Å². The van der Waals surface area contributed by atoms with Gasteiger partial charge in [0, 0.05) is 36.2 Å². The van der Waals surface area contributed by atoms with Gasteiger partial charge in [-0.1, -0.05) is 6.07 Å². The molecule has 4 N–H and O–H groups in total. The van der Waals surface area contributed by atoms with Crippen molar-refractivity contribution in [3.63, 3.8) is 0 Å². The molecule has 0 spiro atoms.